The van der Waals surface area contributed by atoms with E-state index in [0.29, 0.717) is 6.42 Å². The molecule has 0 radical (unpaired) electrons. The molecule has 16 heavy (non-hydrogen) atoms. The van der Waals surface area contributed by atoms with Gasteiger partial charge in [-0.3, -0.25) is 4.79 Å². The molecule has 1 aliphatic rings. The van der Waals surface area contributed by atoms with Gasteiger partial charge in [0.15, 0.2) is 0 Å². The van der Waals surface area contributed by atoms with Gasteiger partial charge in [-0.1, -0.05) is 36.4 Å². The Morgan fingerprint density at radius 2 is 2.06 bits per heavy atom. The van der Waals surface area contributed by atoms with E-state index in [1.165, 1.54) is 0 Å². The SMILES string of the molecule is O=C1C[C@H](O)C[C@H](/C=C/c2ccccc2)O1. The van der Waals surface area contributed by atoms with E-state index >= 15 is 0 Å². The van der Waals surface area contributed by atoms with Gasteiger partial charge in [0.05, 0.1) is 12.5 Å². The van der Waals surface area contributed by atoms with Gasteiger partial charge in [0, 0.05) is 6.42 Å². The van der Waals surface area contributed by atoms with Crippen molar-refractivity contribution in [2.24, 2.45) is 0 Å². The van der Waals surface area contributed by atoms with Crippen LogP contribution in [0.1, 0.15) is 18.4 Å². The van der Waals surface area contributed by atoms with Crippen LogP contribution in [-0.2, 0) is 9.53 Å². The molecule has 1 aliphatic heterocycles. The molecule has 0 bridgehead atoms. The number of esters is 1. The predicted octanol–water partition coefficient (Wildman–Crippen LogP) is 1.77. The van der Waals surface area contributed by atoms with Crippen molar-refractivity contribution < 1.29 is 14.6 Å². The Bertz CT molecular complexity index is 383. The largest absolute Gasteiger partial charge is 0.458 e. The average molecular weight is 218 g/mol. The number of benzene rings is 1. The molecule has 0 saturated carbocycles. The molecule has 0 aromatic heterocycles. The molecule has 84 valence electrons. The van der Waals surface area contributed by atoms with Gasteiger partial charge < -0.3 is 9.84 Å². The highest BCUT2D eigenvalue weighted by Gasteiger charge is 2.25. The highest BCUT2D eigenvalue weighted by molar-refractivity contribution is 5.71. The van der Waals surface area contributed by atoms with Gasteiger partial charge >= 0.3 is 5.97 Å². The Morgan fingerprint density at radius 3 is 2.75 bits per heavy atom. The zero-order valence-electron chi connectivity index (χ0n) is 8.87. The number of hydrogen-bond acceptors (Lipinski definition) is 3. The molecule has 1 aromatic rings. The highest BCUT2D eigenvalue weighted by Crippen LogP contribution is 2.16. The van der Waals surface area contributed by atoms with Crippen LogP contribution < -0.4 is 0 Å². The monoisotopic (exact) mass is 218 g/mol. The quantitative estimate of drug-likeness (QED) is 0.769. The van der Waals surface area contributed by atoms with E-state index in [4.69, 9.17) is 4.74 Å². The van der Waals surface area contributed by atoms with Gasteiger partial charge in [0.25, 0.3) is 0 Å². The van der Waals surface area contributed by atoms with Crippen molar-refractivity contribution in [3.05, 3.63) is 42.0 Å². The smallest absolute Gasteiger partial charge is 0.309 e. The summed E-state index contributed by atoms with van der Waals surface area (Å²) in [6.07, 6.45) is 3.42. The Labute approximate surface area is 94.4 Å². The molecule has 1 heterocycles. The second-order valence-electron chi connectivity index (χ2n) is 3.89. The van der Waals surface area contributed by atoms with Crippen molar-refractivity contribution in [3.8, 4) is 0 Å². The lowest BCUT2D eigenvalue weighted by Crippen LogP contribution is -2.31. The van der Waals surface area contributed by atoms with E-state index in [9.17, 15) is 9.90 Å². The van der Waals surface area contributed by atoms with Crippen LogP contribution in [-0.4, -0.2) is 23.3 Å². The third-order valence-corrected chi connectivity index (χ3v) is 2.49. The zero-order chi connectivity index (χ0) is 11.4. The van der Waals surface area contributed by atoms with Crippen molar-refractivity contribution >= 4 is 12.0 Å². The highest BCUT2D eigenvalue weighted by atomic mass is 16.5. The van der Waals surface area contributed by atoms with Gasteiger partial charge in [-0.2, -0.15) is 0 Å². The molecule has 0 spiro atoms. The van der Waals surface area contributed by atoms with Crippen LogP contribution in [0, 0.1) is 0 Å². The number of cyclic esters (lactones) is 1. The molecule has 1 saturated heterocycles. The predicted molar refractivity (Wildman–Crippen MR) is 60.6 cm³/mol. The molecule has 0 aliphatic carbocycles. The fourth-order valence-electron chi connectivity index (χ4n) is 1.71. The second-order valence-corrected chi connectivity index (χ2v) is 3.89. The first kappa shape index (κ1) is 10.9. The summed E-state index contributed by atoms with van der Waals surface area (Å²) in [6, 6.07) is 9.78. The van der Waals surface area contributed by atoms with Gasteiger partial charge in [-0.15, -0.1) is 0 Å². The van der Waals surface area contributed by atoms with Crippen molar-refractivity contribution in [1.29, 1.82) is 0 Å². The molecule has 1 aromatic carbocycles. The molecule has 3 heteroatoms. The van der Waals surface area contributed by atoms with Crippen LogP contribution in [0.15, 0.2) is 36.4 Å². The van der Waals surface area contributed by atoms with Crippen LogP contribution in [0.2, 0.25) is 0 Å². The summed E-state index contributed by atoms with van der Waals surface area (Å²) in [6.45, 7) is 0. The van der Waals surface area contributed by atoms with E-state index in [1.54, 1.807) is 0 Å². The molecule has 1 fully saturated rings. The first-order valence-corrected chi connectivity index (χ1v) is 5.35. The summed E-state index contributed by atoms with van der Waals surface area (Å²) in [5.74, 6) is -0.332. The number of carbonyl (C=O) groups excluding carboxylic acids is 1. The molecular formula is C13H14O3. The molecule has 2 rings (SSSR count). The third-order valence-electron chi connectivity index (χ3n) is 2.49. The molecule has 3 nitrogen and oxygen atoms in total. The maximum atomic E-state index is 11.1. The maximum absolute atomic E-state index is 11.1. The topological polar surface area (TPSA) is 46.5 Å². The minimum absolute atomic E-state index is 0.107. The number of rotatable bonds is 2. The standard InChI is InChI=1S/C13H14O3/c14-11-8-12(16-13(15)9-11)7-6-10-4-2-1-3-5-10/h1-7,11-12,14H,8-9H2/b7-6+/t11-,12+/m1/s1. The van der Waals surface area contributed by atoms with Gasteiger partial charge in [-0.05, 0) is 11.6 Å². The zero-order valence-corrected chi connectivity index (χ0v) is 8.87. The van der Waals surface area contributed by atoms with E-state index in [-0.39, 0.29) is 18.5 Å². The molecule has 0 amide bonds. The Kier molecular flexibility index (Phi) is 3.37. The van der Waals surface area contributed by atoms with Crippen molar-refractivity contribution in [1.82, 2.24) is 0 Å². The van der Waals surface area contributed by atoms with Crippen LogP contribution in [0.4, 0.5) is 0 Å². The van der Waals surface area contributed by atoms with Crippen LogP contribution in [0.25, 0.3) is 6.08 Å². The van der Waals surface area contributed by atoms with Crippen LogP contribution in [0.3, 0.4) is 0 Å². The van der Waals surface area contributed by atoms with E-state index < -0.39 is 6.10 Å². The molecule has 1 N–H and O–H groups in total. The third kappa shape index (κ3) is 2.94. The maximum Gasteiger partial charge on any atom is 0.309 e. The summed E-state index contributed by atoms with van der Waals surface area (Å²) in [4.78, 5) is 11.1. The summed E-state index contributed by atoms with van der Waals surface area (Å²) in [7, 11) is 0. The minimum atomic E-state index is -0.577. The van der Waals surface area contributed by atoms with E-state index in [0.717, 1.165) is 5.56 Å². The molecular weight excluding hydrogens is 204 g/mol. The summed E-state index contributed by atoms with van der Waals surface area (Å²) >= 11 is 0. The first-order valence-electron chi connectivity index (χ1n) is 5.35. The Morgan fingerprint density at radius 1 is 1.31 bits per heavy atom. The molecule has 0 unspecified atom stereocenters. The van der Waals surface area contributed by atoms with Crippen molar-refractivity contribution in [2.75, 3.05) is 0 Å². The normalized spacial score (nSPS) is 25.7. The fourth-order valence-corrected chi connectivity index (χ4v) is 1.71. The minimum Gasteiger partial charge on any atom is -0.458 e. The number of ether oxygens (including phenoxy) is 1. The lowest BCUT2D eigenvalue weighted by molar-refractivity contribution is -0.156. The van der Waals surface area contributed by atoms with Crippen molar-refractivity contribution in [2.45, 2.75) is 25.0 Å². The number of aliphatic hydroxyl groups excluding tert-OH is 1. The molecule has 2 atom stereocenters. The lowest BCUT2D eigenvalue weighted by atomic mass is 10.0. The summed E-state index contributed by atoms with van der Waals surface area (Å²) < 4.78 is 5.09. The lowest BCUT2D eigenvalue weighted by Gasteiger charge is -2.23. The number of aliphatic hydroxyl groups is 1. The summed E-state index contributed by atoms with van der Waals surface area (Å²) in [5.41, 5.74) is 1.05. The van der Waals surface area contributed by atoms with Crippen LogP contribution in [0.5, 0.6) is 0 Å². The van der Waals surface area contributed by atoms with Crippen LogP contribution >= 0.6 is 0 Å². The number of hydrogen-bond donors (Lipinski definition) is 1. The summed E-state index contributed by atoms with van der Waals surface area (Å²) in [5, 5.41) is 9.41. The van der Waals surface area contributed by atoms with Gasteiger partial charge in [0.2, 0.25) is 0 Å². The van der Waals surface area contributed by atoms with Gasteiger partial charge in [0.1, 0.15) is 6.10 Å². The second kappa shape index (κ2) is 4.94. The van der Waals surface area contributed by atoms with Gasteiger partial charge in [-0.25, -0.2) is 0 Å². The number of carbonyl (C=O) groups is 1. The fraction of sp³-hybridized carbons (Fsp3) is 0.308. The van der Waals surface area contributed by atoms with Crippen molar-refractivity contribution in [3.63, 3.8) is 0 Å². The van der Waals surface area contributed by atoms with E-state index in [1.807, 2.05) is 42.5 Å². The first-order chi connectivity index (χ1) is 7.74. The Hall–Kier alpha value is -1.61. The van der Waals surface area contributed by atoms with E-state index in [2.05, 4.69) is 0 Å². The average Bonchev–Trinajstić information content (AvgIpc) is 2.27. The Balaban J connectivity index is 1.99.